The van der Waals surface area contributed by atoms with Gasteiger partial charge in [-0.3, -0.25) is 5.10 Å². The molecule has 5 nitrogen and oxygen atoms in total. The van der Waals surface area contributed by atoms with Crippen LogP contribution in [0.3, 0.4) is 0 Å². The number of aromatic nitrogens is 4. The Balaban J connectivity index is 2.31. The lowest BCUT2D eigenvalue weighted by molar-refractivity contribution is 0.631. The van der Waals surface area contributed by atoms with Gasteiger partial charge in [0.2, 0.25) is 5.95 Å². The highest BCUT2D eigenvalue weighted by molar-refractivity contribution is 6.30. The van der Waals surface area contributed by atoms with Gasteiger partial charge in [-0.05, 0) is 18.2 Å². The van der Waals surface area contributed by atoms with Gasteiger partial charge < -0.3 is 5.32 Å². The van der Waals surface area contributed by atoms with Crippen LogP contribution in [0.4, 0.5) is 10.3 Å². The molecule has 0 amide bonds. The van der Waals surface area contributed by atoms with E-state index in [4.69, 9.17) is 11.6 Å². The van der Waals surface area contributed by atoms with E-state index in [-0.39, 0.29) is 0 Å². The van der Waals surface area contributed by atoms with E-state index < -0.39 is 5.82 Å². The van der Waals surface area contributed by atoms with Crippen LogP contribution in [0.1, 0.15) is 0 Å². The van der Waals surface area contributed by atoms with Crippen molar-refractivity contribution in [3.63, 3.8) is 0 Å². The maximum Gasteiger partial charge on any atom is 0.225 e. The first kappa shape index (κ1) is 11.9. The van der Waals surface area contributed by atoms with Crippen LogP contribution in [0.25, 0.3) is 22.3 Å². The number of aromatic amines is 1. The van der Waals surface area contributed by atoms with E-state index in [1.54, 1.807) is 25.4 Å². The number of fused-ring (bicyclic) bond motifs is 1. The molecule has 0 aliphatic heterocycles. The van der Waals surface area contributed by atoms with Crippen molar-refractivity contribution < 1.29 is 4.39 Å². The minimum absolute atomic E-state index is 0.340. The van der Waals surface area contributed by atoms with E-state index in [1.165, 1.54) is 6.07 Å². The molecule has 0 aliphatic carbocycles. The highest BCUT2D eigenvalue weighted by Gasteiger charge is 2.14. The summed E-state index contributed by atoms with van der Waals surface area (Å²) in [5.74, 6) is -0.0446. The second kappa shape index (κ2) is 4.47. The van der Waals surface area contributed by atoms with E-state index >= 15 is 0 Å². The predicted molar refractivity (Wildman–Crippen MR) is 71.6 cm³/mol. The summed E-state index contributed by atoms with van der Waals surface area (Å²) in [7, 11) is 1.69. The fourth-order valence-electron chi connectivity index (χ4n) is 1.83. The molecule has 0 radical (unpaired) electrons. The summed E-state index contributed by atoms with van der Waals surface area (Å²) >= 11 is 5.76. The second-order valence-electron chi connectivity index (χ2n) is 3.90. The lowest BCUT2D eigenvalue weighted by atomic mass is 10.1. The van der Waals surface area contributed by atoms with Gasteiger partial charge in [-0.1, -0.05) is 11.6 Å². The number of anilines is 1. The van der Waals surface area contributed by atoms with Gasteiger partial charge in [0.15, 0.2) is 5.65 Å². The average molecular weight is 278 g/mol. The summed E-state index contributed by atoms with van der Waals surface area (Å²) in [4.78, 5) is 8.49. The second-order valence-corrected chi connectivity index (χ2v) is 4.34. The van der Waals surface area contributed by atoms with Crippen LogP contribution in [0.2, 0.25) is 5.02 Å². The lowest BCUT2D eigenvalue weighted by Gasteiger charge is -2.06. The molecule has 19 heavy (non-hydrogen) atoms. The quantitative estimate of drug-likeness (QED) is 0.756. The zero-order valence-electron chi connectivity index (χ0n) is 9.91. The molecule has 7 heteroatoms. The van der Waals surface area contributed by atoms with Crippen molar-refractivity contribution >= 4 is 28.6 Å². The van der Waals surface area contributed by atoms with Crippen molar-refractivity contribution in [2.75, 3.05) is 12.4 Å². The highest BCUT2D eigenvalue weighted by atomic mass is 35.5. The Morgan fingerprint density at radius 3 is 2.89 bits per heavy atom. The fourth-order valence-corrected chi connectivity index (χ4v) is 1.99. The molecule has 0 atom stereocenters. The normalized spacial score (nSPS) is 10.9. The monoisotopic (exact) mass is 277 g/mol. The number of H-pyrrole nitrogens is 1. The third-order valence-corrected chi connectivity index (χ3v) is 2.95. The van der Waals surface area contributed by atoms with Crippen molar-refractivity contribution in [1.82, 2.24) is 20.2 Å². The van der Waals surface area contributed by atoms with Crippen LogP contribution >= 0.6 is 11.6 Å². The molecule has 1 aromatic carbocycles. The van der Waals surface area contributed by atoms with E-state index in [0.29, 0.717) is 33.3 Å². The first-order valence-corrected chi connectivity index (χ1v) is 5.91. The number of hydrogen-bond acceptors (Lipinski definition) is 4. The molecule has 0 aliphatic rings. The molecule has 2 N–H and O–H groups in total. The average Bonchev–Trinajstić information content (AvgIpc) is 2.86. The third-order valence-electron chi connectivity index (χ3n) is 2.72. The van der Waals surface area contributed by atoms with Gasteiger partial charge in [-0.25, -0.2) is 9.37 Å². The van der Waals surface area contributed by atoms with Crippen molar-refractivity contribution in [2.45, 2.75) is 0 Å². The largest absolute Gasteiger partial charge is 0.357 e. The molecule has 96 valence electrons. The third kappa shape index (κ3) is 2.00. The summed E-state index contributed by atoms with van der Waals surface area (Å²) in [6.07, 6.45) is 1.57. The number of halogens is 2. The van der Waals surface area contributed by atoms with Gasteiger partial charge in [0.1, 0.15) is 5.82 Å². The molecule has 0 unspecified atom stereocenters. The SMILES string of the molecule is CNc1nc(-c2ccc(Cl)cc2F)c2cn[nH]c2n1. The molecule has 2 heterocycles. The molecular weight excluding hydrogens is 269 g/mol. The molecule has 0 saturated carbocycles. The first-order valence-electron chi connectivity index (χ1n) is 5.53. The van der Waals surface area contributed by atoms with Gasteiger partial charge in [-0.15, -0.1) is 0 Å². The topological polar surface area (TPSA) is 66.5 Å². The summed E-state index contributed by atoms with van der Waals surface area (Å²) in [6.45, 7) is 0. The Morgan fingerprint density at radius 2 is 2.16 bits per heavy atom. The summed E-state index contributed by atoms with van der Waals surface area (Å²) < 4.78 is 14.0. The predicted octanol–water partition coefficient (Wildman–Crippen LogP) is 2.85. The maximum absolute atomic E-state index is 14.0. The molecule has 0 spiro atoms. The van der Waals surface area contributed by atoms with Gasteiger partial charge >= 0.3 is 0 Å². The molecule has 3 aromatic rings. The van der Waals surface area contributed by atoms with E-state index in [2.05, 4.69) is 25.5 Å². The van der Waals surface area contributed by atoms with Crippen LogP contribution in [0.5, 0.6) is 0 Å². The van der Waals surface area contributed by atoms with Crippen molar-refractivity contribution in [2.24, 2.45) is 0 Å². The Labute approximate surface area is 112 Å². The molecule has 3 rings (SSSR count). The van der Waals surface area contributed by atoms with Crippen LogP contribution in [0, 0.1) is 5.82 Å². The molecule has 2 aromatic heterocycles. The zero-order valence-corrected chi connectivity index (χ0v) is 10.7. The minimum Gasteiger partial charge on any atom is -0.357 e. The Hall–Kier alpha value is -2.21. The van der Waals surface area contributed by atoms with Crippen LogP contribution in [0.15, 0.2) is 24.4 Å². The summed E-state index contributed by atoms with van der Waals surface area (Å²) in [6, 6.07) is 4.46. The van der Waals surface area contributed by atoms with E-state index in [1.807, 2.05) is 0 Å². The zero-order chi connectivity index (χ0) is 13.4. The van der Waals surface area contributed by atoms with Crippen LogP contribution < -0.4 is 5.32 Å². The van der Waals surface area contributed by atoms with Crippen molar-refractivity contribution in [1.29, 1.82) is 0 Å². The van der Waals surface area contributed by atoms with E-state index in [9.17, 15) is 4.39 Å². The Bertz CT molecular complexity index is 755. The fraction of sp³-hybridized carbons (Fsp3) is 0.0833. The summed E-state index contributed by atoms with van der Waals surface area (Å²) in [5, 5.41) is 10.5. The summed E-state index contributed by atoms with van der Waals surface area (Å²) in [5.41, 5.74) is 1.37. The van der Waals surface area contributed by atoms with Crippen LogP contribution in [-0.2, 0) is 0 Å². The van der Waals surface area contributed by atoms with Crippen molar-refractivity contribution in [3.05, 3.63) is 35.2 Å². The number of rotatable bonds is 2. The van der Waals surface area contributed by atoms with Crippen LogP contribution in [-0.4, -0.2) is 27.2 Å². The number of nitrogens with one attached hydrogen (secondary N) is 2. The molecular formula is C12H9ClFN5. The lowest BCUT2D eigenvalue weighted by Crippen LogP contribution is -1.99. The van der Waals surface area contributed by atoms with E-state index in [0.717, 1.165) is 0 Å². The van der Waals surface area contributed by atoms with Gasteiger partial charge in [-0.2, -0.15) is 10.1 Å². The maximum atomic E-state index is 14.0. The number of hydrogen-bond donors (Lipinski definition) is 2. The first-order chi connectivity index (χ1) is 9.19. The molecule has 0 fully saturated rings. The van der Waals surface area contributed by atoms with Gasteiger partial charge in [0.25, 0.3) is 0 Å². The number of benzene rings is 1. The Kier molecular flexibility index (Phi) is 2.79. The Morgan fingerprint density at radius 1 is 1.32 bits per heavy atom. The van der Waals surface area contributed by atoms with Crippen molar-refractivity contribution in [3.8, 4) is 11.3 Å². The molecule has 0 bridgehead atoms. The minimum atomic E-state index is -0.434. The van der Waals surface area contributed by atoms with Gasteiger partial charge in [0.05, 0.1) is 17.3 Å². The van der Waals surface area contributed by atoms with Gasteiger partial charge in [0, 0.05) is 17.6 Å². The highest BCUT2D eigenvalue weighted by Crippen LogP contribution is 2.29. The molecule has 0 saturated heterocycles. The number of nitrogens with zero attached hydrogens (tertiary/aromatic N) is 3. The smallest absolute Gasteiger partial charge is 0.225 e. The standard InChI is InChI=1S/C12H9ClFN5/c1-15-12-17-10(8-5-16-19-11(8)18-12)7-3-2-6(13)4-9(7)14/h2-5H,1H3,(H2,15,16,17,18,19).